The van der Waals surface area contributed by atoms with Gasteiger partial charge in [0.25, 0.3) is 0 Å². The van der Waals surface area contributed by atoms with Gasteiger partial charge in [-0.3, -0.25) is 0 Å². The highest BCUT2D eigenvalue weighted by Crippen LogP contribution is 2.17. The third kappa shape index (κ3) is 4.00. The molecule has 0 fully saturated rings. The van der Waals surface area contributed by atoms with E-state index in [4.69, 9.17) is 0 Å². The first-order chi connectivity index (χ1) is 8.08. The van der Waals surface area contributed by atoms with Crippen LogP contribution in [0.3, 0.4) is 0 Å². The minimum Gasteiger partial charge on any atom is -0.354 e. The summed E-state index contributed by atoms with van der Waals surface area (Å²) >= 11 is 0. The number of aryl methyl sites for hydroxylation is 1. The van der Waals surface area contributed by atoms with Gasteiger partial charge in [0.2, 0.25) is 0 Å². The molecule has 0 aliphatic heterocycles. The van der Waals surface area contributed by atoms with E-state index in [1.165, 1.54) is 5.56 Å². The molecule has 1 aromatic heterocycles. The van der Waals surface area contributed by atoms with Crippen molar-refractivity contribution in [1.29, 1.82) is 0 Å². The van der Waals surface area contributed by atoms with E-state index in [1.807, 2.05) is 0 Å². The van der Waals surface area contributed by atoms with Crippen LogP contribution < -0.4 is 10.2 Å². The smallest absolute Gasteiger partial charge is 0.129 e. The molecule has 0 radical (unpaired) electrons. The molecule has 96 valence electrons. The number of aromatic nitrogens is 1. The predicted octanol–water partition coefficient (Wildman–Crippen LogP) is 2.73. The summed E-state index contributed by atoms with van der Waals surface area (Å²) in [6.45, 7) is 13.7. The van der Waals surface area contributed by atoms with Gasteiger partial charge in [-0.2, -0.15) is 0 Å². The molecule has 1 aromatic rings. The molecule has 0 saturated carbocycles. The van der Waals surface area contributed by atoms with E-state index < -0.39 is 0 Å². The van der Waals surface area contributed by atoms with Crippen molar-refractivity contribution in [1.82, 2.24) is 10.3 Å². The van der Waals surface area contributed by atoms with Crippen LogP contribution in [0.2, 0.25) is 0 Å². The van der Waals surface area contributed by atoms with Crippen LogP contribution >= 0.6 is 0 Å². The highest BCUT2D eigenvalue weighted by Gasteiger charge is 2.10. The van der Waals surface area contributed by atoms with Crippen LogP contribution in [0.1, 0.15) is 39.0 Å². The van der Waals surface area contributed by atoms with E-state index in [-0.39, 0.29) is 0 Å². The summed E-state index contributed by atoms with van der Waals surface area (Å²) in [7, 11) is 0. The molecule has 0 saturated heterocycles. The second kappa shape index (κ2) is 6.60. The quantitative estimate of drug-likeness (QED) is 0.821. The molecule has 0 spiro atoms. The zero-order chi connectivity index (χ0) is 12.8. The minimum absolute atomic E-state index is 0.487. The Morgan fingerprint density at radius 3 is 2.53 bits per heavy atom. The van der Waals surface area contributed by atoms with E-state index in [1.54, 1.807) is 0 Å². The summed E-state index contributed by atoms with van der Waals surface area (Å²) in [6.07, 6.45) is 0. The fourth-order valence-corrected chi connectivity index (χ4v) is 2.03. The second-order valence-electron chi connectivity index (χ2n) is 4.64. The number of rotatable bonds is 6. The lowest BCUT2D eigenvalue weighted by Crippen LogP contribution is -2.31. The monoisotopic (exact) mass is 235 g/mol. The number of nitrogens with one attached hydrogen (secondary N) is 1. The molecule has 0 unspecified atom stereocenters. The van der Waals surface area contributed by atoms with Gasteiger partial charge in [-0.25, -0.2) is 4.98 Å². The third-order valence-corrected chi connectivity index (χ3v) is 2.84. The molecular weight excluding hydrogens is 210 g/mol. The van der Waals surface area contributed by atoms with Crippen molar-refractivity contribution in [3.63, 3.8) is 0 Å². The maximum atomic E-state index is 4.63. The lowest BCUT2D eigenvalue weighted by atomic mass is 10.2. The Bertz CT molecular complexity index is 347. The number of pyridine rings is 1. The van der Waals surface area contributed by atoms with E-state index >= 15 is 0 Å². The van der Waals surface area contributed by atoms with Crippen molar-refractivity contribution in [3.05, 3.63) is 23.4 Å². The van der Waals surface area contributed by atoms with Crippen LogP contribution in [0.15, 0.2) is 12.1 Å². The van der Waals surface area contributed by atoms with Crippen molar-refractivity contribution in [3.8, 4) is 0 Å². The Labute approximate surface area is 105 Å². The zero-order valence-electron chi connectivity index (χ0n) is 11.7. The highest BCUT2D eigenvalue weighted by molar-refractivity contribution is 5.43. The van der Waals surface area contributed by atoms with Crippen LogP contribution in [0.25, 0.3) is 0 Å². The molecule has 1 N–H and O–H groups in total. The Kier molecular flexibility index (Phi) is 5.42. The molecule has 0 aliphatic carbocycles. The molecule has 0 aliphatic rings. The standard InChI is InChI=1S/C14H25N3/c1-6-15-10-13-8-12(5)16-14(9-13)17(7-2)11(3)4/h8-9,11,15H,6-7,10H2,1-5H3. The van der Waals surface area contributed by atoms with Gasteiger partial charge in [0.15, 0.2) is 0 Å². The summed E-state index contributed by atoms with van der Waals surface area (Å²) in [5.41, 5.74) is 2.41. The van der Waals surface area contributed by atoms with Crippen molar-refractivity contribution in [2.45, 2.75) is 47.2 Å². The van der Waals surface area contributed by atoms with Crippen molar-refractivity contribution in [2.75, 3.05) is 18.0 Å². The van der Waals surface area contributed by atoms with Gasteiger partial charge in [0, 0.05) is 24.8 Å². The van der Waals surface area contributed by atoms with Crippen LogP contribution in [-0.4, -0.2) is 24.1 Å². The first kappa shape index (κ1) is 14.0. The average Bonchev–Trinajstić information content (AvgIpc) is 2.26. The fraction of sp³-hybridized carbons (Fsp3) is 0.643. The Morgan fingerprint density at radius 2 is 2.00 bits per heavy atom. The molecule has 0 aromatic carbocycles. The highest BCUT2D eigenvalue weighted by atomic mass is 15.2. The first-order valence-electron chi connectivity index (χ1n) is 6.53. The predicted molar refractivity (Wildman–Crippen MR) is 74.5 cm³/mol. The molecule has 0 bridgehead atoms. The average molecular weight is 235 g/mol. The normalized spacial score (nSPS) is 10.9. The van der Waals surface area contributed by atoms with Crippen molar-refractivity contribution >= 4 is 5.82 Å². The van der Waals surface area contributed by atoms with Gasteiger partial charge >= 0.3 is 0 Å². The Morgan fingerprint density at radius 1 is 1.29 bits per heavy atom. The summed E-state index contributed by atoms with van der Waals surface area (Å²) in [5.74, 6) is 1.09. The van der Waals surface area contributed by atoms with E-state index in [2.05, 4.69) is 62.0 Å². The maximum Gasteiger partial charge on any atom is 0.129 e. The van der Waals surface area contributed by atoms with Gasteiger partial charge in [-0.15, -0.1) is 0 Å². The summed E-state index contributed by atoms with van der Waals surface area (Å²) in [6, 6.07) is 4.83. The van der Waals surface area contributed by atoms with Gasteiger partial charge in [0.05, 0.1) is 0 Å². The van der Waals surface area contributed by atoms with Crippen LogP contribution in [-0.2, 0) is 6.54 Å². The van der Waals surface area contributed by atoms with Crippen LogP contribution in [0.5, 0.6) is 0 Å². The SMILES string of the molecule is CCNCc1cc(C)nc(N(CC)C(C)C)c1. The molecule has 3 nitrogen and oxygen atoms in total. The number of hydrogen-bond donors (Lipinski definition) is 1. The van der Waals surface area contributed by atoms with Gasteiger partial charge in [-0.05, 0) is 51.9 Å². The number of hydrogen-bond acceptors (Lipinski definition) is 3. The van der Waals surface area contributed by atoms with Crippen LogP contribution in [0, 0.1) is 6.92 Å². The molecular formula is C14H25N3. The fourth-order valence-electron chi connectivity index (χ4n) is 2.03. The molecule has 1 heterocycles. The lowest BCUT2D eigenvalue weighted by molar-refractivity contribution is 0.687. The van der Waals surface area contributed by atoms with Crippen molar-refractivity contribution < 1.29 is 0 Å². The van der Waals surface area contributed by atoms with Gasteiger partial charge in [0.1, 0.15) is 5.82 Å². The molecule has 3 heteroatoms. The van der Waals surface area contributed by atoms with Gasteiger partial charge in [-0.1, -0.05) is 6.92 Å². The molecule has 1 rings (SSSR count). The summed E-state index contributed by atoms with van der Waals surface area (Å²) < 4.78 is 0. The lowest BCUT2D eigenvalue weighted by Gasteiger charge is -2.27. The summed E-state index contributed by atoms with van der Waals surface area (Å²) in [4.78, 5) is 6.95. The Balaban J connectivity index is 2.94. The minimum atomic E-state index is 0.487. The Hall–Kier alpha value is -1.09. The number of nitrogens with zero attached hydrogens (tertiary/aromatic N) is 2. The summed E-state index contributed by atoms with van der Waals surface area (Å²) in [5, 5.41) is 3.36. The first-order valence-corrected chi connectivity index (χ1v) is 6.53. The third-order valence-electron chi connectivity index (χ3n) is 2.84. The maximum absolute atomic E-state index is 4.63. The number of anilines is 1. The largest absolute Gasteiger partial charge is 0.354 e. The van der Waals surface area contributed by atoms with E-state index in [0.29, 0.717) is 6.04 Å². The van der Waals surface area contributed by atoms with Gasteiger partial charge < -0.3 is 10.2 Å². The topological polar surface area (TPSA) is 28.2 Å². The molecule has 17 heavy (non-hydrogen) atoms. The molecule has 0 amide bonds. The van der Waals surface area contributed by atoms with E-state index in [0.717, 1.165) is 31.1 Å². The van der Waals surface area contributed by atoms with Crippen molar-refractivity contribution in [2.24, 2.45) is 0 Å². The second-order valence-corrected chi connectivity index (χ2v) is 4.64. The van der Waals surface area contributed by atoms with E-state index in [9.17, 15) is 0 Å². The molecule has 0 atom stereocenters. The van der Waals surface area contributed by atoms with Crippen LogP contribution in [0.4, 0.5) is 5.82 Å². The zero-order valence-corrected chi connectivity index (χ0v) is 11.7.